The number of ether oxygens (including phenoxy) is 1. The van der Waals surface area contributed by atoms with E-state index in [2.05, 4.69) is 19.9 Å². The molecule has 1 aliphatic carbocycles. The molecule has 1 aromatic carbocycles. The van der Waals surface area contributed by atoms with Crippen molar-refractivity contribution in [2.45, 2.75) is 52.0 Å². The van der Waals surface area contributed by atoms with Gasteiger partial charge in [0.2, 0.25) is 0 Å². The predicted molar refractivity (Wildman–Crippen MR) is 88.4 cm³/mol. The van der Waals surface area contributed by atoms with Crippen LogP contribution in [0.2, 0.25) is 5.02 Å². The quantitative estimate of drug-likeness (QED) is 0.834. The fourth-order valence-corrected chi connectivity index (χ4v) is 2.45. The average Bonchev–Trinajstić information content (AvgIpc) is 3.10. The first-order chi connectivity index (χ1) is 8.97. The van der Waals surface area contributed by atoms with Crippen LogP contribution in [0, 0.1) is 5.92 Å². The van der Waals surface area contributed by atoms with Gasteiger partial charge >= 0.3 is 0 Å². The van der Waals surface area contributed by atoms with Crippen molar-refractivity contribution >= 4 is 24.0 Å². The molecule has 2 N–H and O–H groups in total. The van der Waals surface area contributed by atoms with E-state index in [1.165, 1.54) is 18.4 Å². The van der Waals surface area contributed by atoms with Crippen molar-refractivity contribution in [2.24, 2.45) is 11.7 Å². The van der Waals surface area contributed by atoms with E-state index in [-0.39, 0.29) is 18.4 Å². The molecule has 0 spiro atoms. The van der Waals surface area contributed by atoms with Gasteiger partial charge in [-0.05, 0) is 55.2 Å². The zero-order valence-electron chi connectivity index (χ0n) is 12.5. The van der Waals surface area contributed by atoms with Crippen molar-refractivity contribution in [1.82, 2.24) is 0 Å². The first kappa shape index (κ1) is 17.6. The number of hydrogen-bond acceptors (Lipinski definition) is 2. The van der Waals surface area contributed by atoms with Crippen LogP contribution in [0.25, 0.3) is 0 Å². The number of hydrogen-bond donors (Lipinski definition) is 1. The monoisotopic (exact) mass is 317 g/mol. The summed E-state index contributed by atoms with van der Waals surface area (Å²) in [6.45, 7) is 7.14. The number of benzene rings is 1. The molecule has 0 amide bonds. The summed E-state index contributed by atoms with van der Waals surface area (Å²) in [5, 5.41) is 0.725. The van der Waals surface area contributed by atoms with Crippen LogP contribution in [0.4, 0.5) is 0 Å². The maximum atomic E-state index is 6.40. The van der Waals surface area contributed by atoms with E-state index < -0.39 is 0 Å². The standard InChI is InChI=1S/C16H24ClNO.ClH/c1-10(2)13-7-14(6-11(3)18)16(15(17)8-13)19-9-12-4-5-12;/h7-8,10-12H,4-6,9,18H2,1-3H3;1H. The molecule has 1 unspecified atom stereocenters. The van der Waals surface area contributed by atoms with Crippen LogP contribution in [-0.4, -0.2) is 12.6 Å². The van der Waals surface area contributed by atoms with Crippen molar-refractivity contribution in [3.8, 4) is 5.75 Å². The molecule has 0 aromatic heterocycles. The molecule has 114 valence electrons. The van der Waals surface area contributed by atoms with E-state index in [9.17, 15) is 0 Å². The van der Waals surface area contributed by atoms with Crippen molar-refractivity contribution in [1.29, 1.82) is 0 Å². The minimum Gasteiger partial charge on any atom is -0.491 e. The largest absolute Gasteiger partial charge is 0.491 e. The average molecular weight is 318 g/mol. The van der Waals surface area contributed by atoms with Gasteiger partial charge < -0.3 is 10.5 Å². The highest BCUT2D eigenvalue weighted by Gasteiger charge is 2.23. The number of halogens is 2. The SMILES string of the molecule is CC(N)Cc1cc(C(C)C)cc(Cl)c1OCC1CC1.Cl. The van der Waals surface area contributed by atoms with Gasteiger partial charge in [0.1, 0.15) is 5.75 Å². The molecule has 1 atom stereocenters. The van der Waals surface area contributed by atoms with Crippen LogP contribution in [0.5, 0.6) is 5.75 Å². The Morgan fingerprint density at radius 3 is 2.45 bits per heavy atom. The van der Waals surface area contributed by atoms with E-state index >= 15 is 0 Å². The third-order valence-electron chi connectivity index (χ3n) is 3.51. The van der Waals surface area contributed by atoms with E-state index in [4.69, 9.17) is 22.1 Å². The summed E-state index contributed by atoms with van der Waals surface area (Å²) in [6, 6.07) is 4.34. The fraction of sp³-hybridized carbons (Fsp3) is 0.625. The van der Waals surface area contributed by atoms with Gasteiger partial charge in [-0.3, -0.25) is 0 Å². The van der Waals surface area contributed by atoms with E-state index in [0.29, 0.717) is 5.92 Å². The van der Waals surface area contributed by atoms with Gasteiger partial charge in [0.05, 0.1) is 11.6 Å². The third kappa shape index (κ3) is 4.83. The molecule has 0 heterocycles. The predicted octanol–water partition coefficient (Wildman–Crippen LogP) is 4.56. The Morgan fingerprint density at radius 2 is 1.95 bits per heavy atom. The summed E-state index contributed by atoms with van der Waals surface area (Å²) in [5.41, 5.74) is 8.33. The Hall–Kier alpha value is -0.440. The smallest absolute Gasteiger partial charge is 0.141 e. The van der Waals surface area contributed by atoms with Crippen molar-refractivity contribution < 1.29 is 4.74 Å². The molecule has 20 heavy (non-hydrogen) atoms. The molecule has 0 radical (unpaired) electrons. The van der Waals surface area contributed by atoms with E-state index in [0.717, 1.165) is 35.3 Å². The molecule has 0 bridgehead atoms. The highest BCUT2D eigenvalue weighted by molar-refractivity contribution is 6.32. The lowest BCUT2D eigenvalue weighted by atomic mass is 9.97. The Morgan fingerprint density at radius 1 is 1.30 bits per heavy atom. The Bertz CT molecular complexity index is 442. The molecule has 2 rings (SSSR count). The van der Waals surface area contributed by atoms with Gasteiger partial charge in [-0.1, -0.05) is 31.5 Å². The maximum Gasteiger partial charge on any atom is 0.141 e. The summed E-state index contributed by atoms with van der Waals surface area (Å²) in [6.07, 6.45) is 3.37. The second-order valence-electron chi connectivity index (χ2n) is 6.08. The van der Waals surface area contributed by atoms with Crippen LogP contribution in [0.1, 0.15) is 50.7 Å². The molecule has 1 aromatic rings. The topological polar surface area (TPSA) is 35.2 Å². The highest BCUT2D eigenvalue weighted by Crippen LogP contribution is 2.36. The highest BCUT2D eigenvalue weighted by atomic mass is 35.5. The molecular weight excluding hydrogens is 293 g/mol. The third-order valence-corrected chi connectivity index (χ3v) is 3.79. The lowest BCUT2D eigenvalue weighted by Gasteiger charge is -2.17. The minimum atomic E-state index is 0. The van der Waals surface area contributed by atoms with E-state index in [1.807, 2.05) is 13.0 Å². The van der Waals surface area contributed by atoms with Crippen LogP contribution < -0.4 is 10.5 Å². The first-order valence-electron chi connectivity index (χ1n) is 7.18. The van der Waals surface area contributed by atoms with E-state index in [1.54, 1.807) is 0 Å². The molecular formula is C16H25Cl2NO. The lowest BCUT2D eigenvalue weighted by molar-refractivity contribution is 0.296. The number of rotatable bonds is 6. The van der Waals surface area contributed by atoms with Gasteiger partial charge in [-0.25, -0.2) is 0 Å². The minimum absolute atomic E-state index is 0. The summed E-state index contributed by atoms with van der Waals surface area (Å²) in [4.78, 5) is 0. The summed E-state index contributed by atoms with van der Waals surface area (Å²) < 4.78 is 5.94. The molecule has 1 saturated carbocycles. The zero-order valence-corrected chi connectivity index (χ0v) is 14.1. The first-order valence-corrected chi connectivity index (χ1v) is 7.56. The van der Waals surface area contributed by atoms with Gasteiger partial charge in [-0.15, -0.1) is 12.4 Å². The van der Waals surface area contributed by atoms with Crippen molar-refractivity contribution in [3.63, 3.8) is 0 Å². The lowest BCUT2D eigenvalue weighted by Crippen LogP contribution is -2.19. The van der Waals surface area contributed by atoms with Gasteiger partial charge in [-0.2, -0.15) is 0 Å². The summed E-state index contributed by atoms with van der Waals surface area (Å²) >= 11 is 6.40. The molecule has 0 saturated heterocycles. The van der Waals surface area contributed by atoms with Crippen molar-refractivity contribution in [3.05, 3.63) is 28.3 Å². The Kier molecular flexibility index (Phi) is 6.63. The molecule has 1 fully saturated rings. The maximum absolute atomic E-state index is 6.40. The second kappa shape index (κ2) is 7.53. The normalized spacial score (nSPS) is 15.9. The molecule has 1 aliphatic rings. The Balaban J connectivity index is 0.00000200. The zero-order chi connectivity index (χ0) is 14.0. The second-order valence-corrected chi connectivity index (χ2v) is 6.49. The van der Waals surface area contributed by atoms with Crippen LogP contribution in [-0.2, 0) is 6.42 Å². The molecule has 0 aliphatic heterocycles. The molecule has 4 heteroatoms. The van der Waals surface area contributed by atoms with Crippen LogP contribution in [0.3, 0.4) is 0 Å². The summed E-state index contributed by atoms with van der Waals surface area (Å²) in [5.74, 6) is 2.03. The van der Waals surface area contributed by atoms with Gasteiger partial charge in [0.15, 0.2) is 0 Å². The van der Waals surface area contributed by atoms with Gasteiger partial charge in [0.25, 0.3) is 0 Å². The fourth-order valence-electron chi connectivity index (χ4n) is 2.15. The number of nitrogens with two attached hydrogens (primary N) is 1. The van der Waals surface area contributed by atoms with Gasteiger partial charge in [0, 0.05) is 6.04 Å². The van der Waals surface area contributed by atoms with Crippen LogP contribution >= 0.6 is 24.0 Å². The Labute approximate surface area is 133 Å². The molecule has 2 nitrogen and oxygen atoms in total. The summed E-state index contributed by atoms with van der Waals surface area (Å²) in [7, 11) is 0. The van der Waals surface area contributed by atoms with Crippen molar-refractivity contribution in [2.75, 3.05) is 6.61 Å². The van der Waals surface area contributed by atoms with Crippen LogP contribution in [0.15, 0.2) is 12.1 Å².